The van der Waals surface area contributed by atoms with Crippen LogP contribution in [0, 0.1) is 5.92 Å². The minimum atomic E-state index is -0.270. The molecule has 2 aromatic rings. The summed E-state index contributed by atoms with van der Waals surface area (Å²) in [5.74, 6) is 1.77. The van der Waals surface area contributed by atoms with E-state index in [-0.39, 0.29) is 11.8 Å². The van der Waals surface area contributed by atoms with Gasteiger partial charge in [-0.1, -0.05) is 13.8 Å². The number of aromatic nitrogens is 1. The van der Waals surface area contributed by atoms with E-state index in [1.165, 1.54) is 6.39 Å². The molecule has 25 heavy (non-hydrogen) atoms. The Labute approximate surface area is 147 Å². The van der Waals surface area contributed by atoms with E-state index in [4.69, 9.17) is 13.9 Å². The fourth-order valence-corrected chi connectivity index (χ4v) is 2.79. The summed E-state index contributed by atoms with van der Waals surface area (Å²) in [6, 6.07) is 7.38. The number of carbonyl (C=O) groups excluding carboxylic acids is 1. The highest BCUT2D eigenvalue weighted by Crippen LogP contribution is 2.22. The zero-order valence-corrected chi connectivity index (χ0v) is 14.7. The number of nitrogens with one attached hydrogen (secondary N) is 1. The molecule has 0 radical (unpaired) electrons. The van der Waals surface area contributed by atoms with E-state index in [9.17, 15) is 4.79 Å². The molecule has 1 aromatic heterocycles. The van der Waals surface area contributed by atoms with E-state index in [1.807, 2.05) is 38.1 Å². The first-order chi connectivity index (χ1) is 12.1. The van der Waals surface area contributed by atoms with Gasteiger partial charge in [-0.2, -0.15) is 0 Å². The standard InChI is InChI=1S/C19H24N2O4/c1-13(2)18-17(20-12-25-18)19(22)21-15-3-5-16(6-4-15)24-11-14-7-9-23-10-8-14/h3-6,12-14H,7-11H2,1-2H3,(H,21,22). The molecule has 0 bridgehead atoms. The Morgan fingerprint density at radius 3 is 2.68 bits per heavy atom. The number of hydrogen-bond donors (Lipinski definition) is 1. The summed E-state index contributed by atoms with van der Waals surface area (Å²) in [4.78, 5) is 16.4. The molecule has 6 heteroatoms. The van der Waals surface area contributed by atoms with Gasteiger partial charge in [0.2, 0.25) is 0 Å². The molecule has 134 valence electrons. The molecule has 0 unspecified atom stereocenters. The summed E-state index contributed by atoms with van der Waals surface area (Å²) in [7, 11) is 0. The second kappa shape index (κ2) is 8.16. The van der Waals surface area contributed by atoms with E-state index < -0.39 is 0 Å². The molecule has 1 aromatic carbocycles. The highest BCUT2D eigenvalue weighted by molar-refractivity contribution is 6.03. The molecule has 2 heterocycles. The number of hydrogen-bond acceptors (Lipinski definition) is 5. The number of rotatable bonds is 6. The summed E-state index contributed by atoms with van der Waals surface area (Å²) in [6.45, 7) is 6.26. The maximum atomic E-state index is 12.3. The SMILES string of the molecule is CC(C)c1ocnc1C(=O)Nc1ccc(OCC2CCOCC2)cc1. The molecule has 1 amide bonds. The molecule has 0 saturated carbocycles. The first-order valence-electron chi connectivity index (χ1n) is 8.69. The molecular formula is C19H24N2O4. The number of anilines is 1. The number of oxazole rings is 1. The number of benzene rings is 1. The average molecular weight is 344 g/mol. The van der Waals surface area contributed by atoms with Crippen molar-refractivity contribution in [1.82, 2.24) is 4.98 Å². The number of amides is 1. The van der Waals surface area contributed by atoms with E-state index in [0.717, 1.165) is 31.8 Å². The van der Waals surface area contributed by atoms with Gasteiger partial charge in [-0.3, -0.25) is 4.79 Å². The van der Waals surface area contributed by atoms with Gasteiger partial charge in [-0.15, -0.1) is 0 Å². The van der Waals surface area contributed by atoms with Gasteiger partial charge in [0.25, 0.3) is 5.91 Å². The minimum Gasteiger partial charge on any atom is -0.493 e. The van der Waals surface area contributed by atoms with Crippen molar-refractivity contribution < 1.29 is 18.7 Å². The predicted octanol–water partition coefficient (Wildman–Crippen LogP) is 3.86. The van der Waals surface area contributed by atoms with Crippen molar-refractivity contribution in [2.75, 3.05) is 25.1 Å². The predicted molar refractivity (Wildman–Crippen MR) is 94.0 cm³/mol. The van der Waals surface area contributed by atoms with E-state index >= 15 is 0 Å². The quantitative estimate of drug-likeness (QED) is 0.861. The van der Waals surface area contributed by atoms with Gasteiger partial charge >= 0.3 is 0 Å². The summed E-state index contributed by atoms with van der Waals surface area (Å²) in [5, 5.41) is 2.84. The largest absolute Gasteiger partial charge is 0.493 e. The Kier molecular flexibility index (Phi) is 5.71. The third-order valence-electron chi connectivity index (χ3n) is 4.27. The van der Waals surface area contributed by atoms with Gasteiger partial charge in [-0.25, -0.2) is 4.98 Å². The van der Waals surface area contributed by atoms with Crippen molar-refractivity contribution in [2.45, 2.75) is 32.6 Å². The van der Waals surface area contributed by atoms with Crippen molar-refractivity contribution in [3.05, 3.63) is 42.1 Å². The zero-order chi connectivity index (χ0) is 17.6. The van der Waals surface area contributed by atoms with Gasteiger partial charge in [0.1, 0.15) is 11.5 Å². The lowest BCUT2D eigenvalue weighted by Gasteiger charge is -2.22. The molecule has 0 spiro atoms. The lowest BCUT2D eigenvalue weighted by Crippen LogP contribution is -2.21. The van der Waals surface area contributed by atoms with Crippen molar-refractivity contribution in [1.29, 1.82) is 0 Å². The summed E-state index contributed by atoms with van der Waals surface area (Å²) < 4.78 is 16.5. The van der Waals surface area contributed by atoms with Crippen LogP contribution in [-0.2, 0) is 4.74 Å². The third kappa shape index (κ3) is 4.60. The Hall–Kier alpha value is -2.34. The molecule has 1 fully saturated rings. The molecule has 3 rings (SSSR count). The number of carbonyl (C=O) groups is 1. The van der Waals surface area contributed by atoms with Gasteiger partial charge < -0.3 is 19.2 Å². The maximum absolute atomic E-state index is 12.3. The normalized spacial score (nSPS) is 15.3. The van der Waals surface area contributed by atoms with Gasteiger partial charge in [0.15, 0.2) is 12.1 Å². The van der Waals surface area contributed by atoms with Gasteiger partial charge in [-0.05, 0) is 43.0 Å². The summed E-state index contributed by atoms with van der Waals surface area (Å²) in [5.41, 5.74) is 1.02. The molecule has 0 atom stereocenters. The summed E-state index contributed by atoms with van der Waals surface area (Å²) >= 11 is 0. The fraction of sp³-hybridized carbons (Fsp3) is 0.474. The molecule has 1 saturated heterocycles. The highest BCUT2D eigenvalue weighted by Gasteiger charge is 2.19. The second-order valence-electron chi connectivity index (χ2n) is 6.57. The van der Waals surface area contributed by atoms with Gasteiger partial charge in [0, 0.05) is 24.8 Å². The van der Waals surface area contributed by atoms with Crippen LogP contribution in [0.15, 0.2) is 35.1 Å². The van der Waals surface area contributed by atoms with E-state index in [2.05, 4.69) is 10.3 Å². The van der Waals surface area contributed by atoms with Crippen molar-refractivity contribution in [2.24, 2.45) is 5.92 Å². The smallest absolute Gasteiger partial charge is 0.277 e. The topological polar surface area (TPSA) is 73.6 Å². The minimum absolute atomic E-state index is 0.101. The van der Waals surface area contributed by atoms with Crippen LogP contribution < -0.4 is 10.1 Å². The van der Waals surface area contributed by atoms with Crippen LogP contribution in [0.3, 0.4) is 0 Å². The monoisotopic (exact) mass is 344 g/mol. The first kappa shape index (κ1) is 17.5. The lowest BCUT2D eigenvalue weighted by atomic mass is 10.0. The van der Waals surface area contributed by atoms with Crippen LogP contribution >= 0.6 is 0 Å². The maximum Gasteiger partial charge on any atom is 0.277 e. The molecule has 1 N–H and O–H groups in total. The van der Waals surface area contributed by atoms with E-state index in [0.29, 0.717) is 29.7 Å². The van der Waals surface area contributed by atoms with Crippen molar-refractivity contribution in [3.63, 3.8) is 0 Å². The van der Waals surface area contributed by atoms with Crippen LogP contribution in [-0.4, -0.2) is 30.7 Å². The Bertz CT molecular complexity index is 688. The molecule has 0 aliphatic carbocycles. The van der Waals surface area contributed by atoms with E-state index in [1.54, 1.807) is 0 Å². The van der Waals surface area contributed by atoms with Crippen LogP contribution in [0.25, 0.3) is 0 Å². The number of ether oxygens (including phenoxy) is 2. The van der Waals surface area contributed by atoms with Gasteiger partial charge in [0.05, 0.1) is 6.61 Å². The van der Waals surface area contributed by atoms with Crippen molar-refractivity contribution >= 4 is 11.6 Å². The Morgan fingerprint density at radius 1 is 1.28 bits per heavy atom. The highest BCUT2D eigenvalue weighted by atomic mass is 16.5. The van der Waals surface area contributed by atoms with Crippen LogP contribution in [0.1, 0.15) is 48.9 Å². The average Bonchev–Trinajstić information content (AvgIpc) is 3.12. The first-order valence-corrected chi connectivity index (χ1v) is 8.69. The summed E-state index contributed by atoms with van der Waals surface area (Å²) in [6.07, 6.45) is 3.39. The fourth-order valence-electron chi connectivity index (χ4n) is 2.79. The third-order valence-corrected chi connectivity index (χ3v) is 4.27. The van der Waals surface area contributed by atoms with Crippen LogP contribution in [0.4, 0.5) is 5.69 Å². The zero-order valence-electron chi connectivity index (χ0n) is 14.7. The molecule has 6 nitrogen and oxygen atoms in total. The van der Waals surface area contributed by atoms with Crippen molar-refractivity contribution in [3.8, 4) is 5.75 Å². The Balaban J connectivity index is 1.55. The van der Waals surface area contributed by atoms with Crippen LogP contribution in [0.5, 0.6) is 5.75 Å². The Morgan fingerprint density at radius 2 is 2.00 bits per heavy atom. The lowest BCUT2D eigenvalue weighted by molar-refractivity contribution is 0.0497. The second-order valence-corrected chi connectivity index (χ2v) is 6.57. The molecule has 1 aliphatic heterocycles. The molecular weight excluding hydrogens is 320 g/mol. The number of nitrogens with zero attached hydrogens (tertiary/aromatic N) is 1. The molecule has 1 aliphatic rings. The van der Waals surface area contributed by atoms with Crippen LogP contribution in [0.2, 0.25) is 0 Å².